The van der Waals surface area contributed by atoms with Crippen LogP contribution in [0.3, 0.4) is 0 Å². The molecule has 0 radical (unpaired) electrons. The Morgan fingerprint density at radius 1 is 1.50 bits per heavy atom. The van der Waals surface area contributed by atoms with Gasteiger partial charge in [-0.05, 0) is 53.4 Å². The molecular weight excluding hydrogens is 270 g/mol. The van der Waals surface area contributed by atoms with Gasteiger partial charge in [0.1, 0.15) is 0 Å². The molecule has 1 aromatic rings. The zero-order valence-corrected chi connectivity index (χ0v) is 10.7. The maximum Gasteiger partial charge on any atom is 0.336 e. The highest BCUT2D eigenvalue weighted by Crippen LogP contribution is 2.30. The number of carboxylic acids is 1. The molecule has 0 atom stereocenters. The van der Waals surface area contributed by atoms with Crippen molar-refractivity contribution in [3.63, 3.8) is 0 Å². The van der Waals surface area contributed by atoms with Gasteiger partial charge in [-0.2, -0.15) is 0 Å². The van der Waals surface area contributed by atoms with Gasteiger partial charge in [-0.25, -0.2) is 4.79 Å². The average Bonchev–Trinajstić information content (AvgIpc) is 2.14. The normalized spacial score (nSPS) is 15.6. The first kappa shape index (κ1) is 11.5. The van der Waals surface area contributed by atoms with E-state index in [4.69, 9.17) is 5.11 Å². The number of carbonyl (C=O) groups is 1. The first-order valence-corrected chi connectivity index (χ1v) is 6.14. The van der Waals surface area contributed by atoms with Crippen molar-refractivity contribution in [1.29, 1.82) is 0 Å². The fourth-order valence-electron chi connectivity index (χ4n) is 1.88. The van der Waals surface area contributed by atoms with Gasteiger partial charge >= 0.3 is 5.97 Å². The number of rotatable bonds is 3. The molecule has 0 unspecified atom stereocenters. The quantitative estimate of drug-likeness (QED) is 0.927. The summed E-state index contributed by atoms with van der Waals surface area (Å²) in [7, 11) is 2.06. The van der Waals surface area contributed by atoms with Crippen molar-refractivity contribution in [2.24, 2.45) is 0 Å². The van der Waals surface area contributed by atoms with Crippen molar-refractivity contribution in [1.82, 2.24) is 0 Å². The van der Waals surface area contributed by atoms with Crippen LogP contribution < -0.4 is 4.90 Å². The molecule has 4 heteroatoms. The van der Waals surface area contributed by atoms with E-state index in [0.717, 1.165) is 5.69 Å². The molecule has 0 bridgehead atoms. The van der Waals surface area contributed by atoms with Crippen LogP contribution >= 0.6 is 15.9 Å². The third-order valence-electron chi connectivity index (χ3n) is 3.21. The van der Waals surface area contributed by atoms with Gasteiger partial charge in [0.05, 0.1) is 5.56 Å². The smallest absolute Gasteiger partial charge is 0.336 e. The Morgan fingerprint density at radius 2 is 2.19 bits per heavy atom. The molecule has 0 saturated heterocycles. The molecule has 1 aliphatic carbocycles. The van der Waals surface area contributed by atoms with E-state index in [1.807, 2.05) is 12.1 Å². The molecule has 2 rings (SSSR count). The van der Waals surface area contributed by atoms with E-state index in [-0.39, 0.29) is 0 Å². The number of hydrogen-bond donors (Lipinski definition) is 1. The largest absolute Gasteiger partial charge is 0.478 e. The summed E-state index contributed by atoms with van der Waals surface area (Å²) >= 11 is 3.30. The second kappa shape index (κ2) is 4.45. The van der Waals surface area contributed by atoms with Crippen LogP contribution in [0.1, 0.15) is 29.6 Å². The van der Waals surface area contributed by atoms with Gasteiger partial charge in [0.15, 0.2) is 0 Å². The molecule has 0 heterocycles. The van der Waals surface area contributed by atoms with E-state index >= 15 is 0 Å². The number of hydrogen-bond acceptors (Lipinski definition) is 2. The average molecular weight is 284 g/mol. The van der Waals surface area contributed by atoms with E-state index in [9.17, 15) is 4.79 Å². The predicted molar refractivity (Wildman–Crippen MR) is 67.1 cm³/mol. The number of halogens is 1. The van der Waals surface area contributed by atoms with E-state index in [0.29, 0.717) is 16.1 Å². The van der Waals surface area contributed by atoms with Crippen molar-refractivity contribution < 1.29 is 9.90 Å². The van der Waals surface area contributed by atoms with Gasteiger partial charge in [-0.1, -0.05) is 0 Å². The van der Waals surface area contributed by atoms with Crippen molar-refractivity contribution in [2.75, 3.05) is 11.9 Å². The number of nitrogens with zero attached hydrogens (tertiary/aromatic N) is 1. The lowest BCUT2D eigenvalue weighted by Gasteiger charge is -2.36. The second-order valence-corrected chi connectivity index (χ2v) is 5.02. The summed E-state index contributed by atoms with van der Waals surface area (Å²) < 4.78 is 0.642. The lowest BCUT2D eigenvalue weighted by molar-refractivity contribution is 0.0696. The van der Waals surface area contributed by atoms with Crippen LogP contribution in [-0.4, -0.2) is 24.2 Å². The molecule has 3 nitrogen and oxygen atoms in total. The van der Waals surface area contributed by atoms with Crippen LogP contribution in [0.25, 0.3) is 0 Å². The molecular formula is C12H14BrNO2. The zero-order chi connectivity index (χ0) is 11.7. The fourth-order valence-corrected chi connectivity index (χ4v) is 2.42. The molecule has 0 spiro atoms. The van der Waals surface area contributed by atoms with Gasteiger partial charge < -0.3 is 10.0 Å². The summed E-state index contributed by atoms with van der Waals surface area (Å²) in [6.07, 6.45) is 3.76. The summed E-state index contributed by atoms with van der Waals surface area (Å²) in [6, 6.07) is 6.01. The van der Waals surface area contributed by atoms with E-state index in [2.05, 4.69) is 27.9 Å². The first-order valence-electron chi connectivity index (χ1n) is 5.35. The molecule has 1 aromatic carbocycles. The Kier molecular flexibility index (Phi) is 3.19. The minimum absolute atomic E-state index is 0.311. The standard InChI is InChI=1S/C12H14BrNO2/c1-14(8-3-2-4-8)9-5-6-10(12(15)16)11(13)7-9/h5-8H,2-4H2,1H3,(H,15,16). The van der Waals surface area contributed by atoms with Gasteiger partial charge in [-0.15, -0.1) is 0 Å². The van der Waals surface area contributed by atoms with Gasteiger partial charge in [0.25, 0.3) is 0 Å². The molecule has 86 valence electrons. The Balaban J connectivity index is 2.22. The molecule has 1 saturated carbocycles. The number of benzene rings is 1. The van der Waals surface area contributed by atoms with Crippen molar-refractivity contribution in [3.05, 3.63) is 28.2 Å². The monoisotopic (exact) mass is 283 g/mol. The minimum Gasteiger partial charge on any atom is -0.478 e. The molecule has 0 aromatic heterocycles. The lowest BCUT2D eigenvalue weighted by Crippen LogP contribution is -2.37. The van der Waals surface area contributed by atoms with Crippen molar-refractivity contribution in [2.45, 2.75) is 25.3 Å². The van der Waals surface area contributed by atoms with Crippen LogP contribution in [-0.2, 0) is 0 Å². The highest BCUT2D eigenvalue weighted by Gasteiger charge is 2.22. The van der Waals surface area contributed by atoms with Crippen LogP contribution in [0.4, 0.5) is 5.69 Å². The molecule has 1 N–H and O–H groups in total. The summed E-state index contributed by atoms with van der Waals surface area (Å²) in [4.78, 5) is 13.1. The number of carboxylic acid groups (broad SMARTS) is 1. The molecule has 1 fully saturated rings. The van der Waals surface area contributed by atoms with Gasteiger partial charge in [-0.3, -0.25) is 0 Å². The topological polar surface area (TPSA) is 40.5 Å². The Morgan fingerprint density at radius 3 is 2.62 bits per heavy atom. The third-order valence-corrected chi connectivity index (χ3v) is 3.87. The molecule has 0 aliphatic heterocycles. The Labute approximate surface area is 103 Å². The number of aromatic carboxylic acids is 1. The summed E-state index contributed by atoms with van der Waals surface area (Å²) in [6.45, 7) is 0. The molecule has 1 aliphatic rings. The Hall–Kier alpha value is -1.03. The second-order valence-electron chi connectivity index (χ2n) is 4.16. The van der Waals surface area contributed by atoms with Crippen molar-refractivity contribution >= 4 is 27.6 Å². The van der Waals surface area contributed by atoms with Crippen LogP contribution in [0.5, 0.6) is 0 Å². The van der Waals surface area contributed by atoms with E-state index in [1.165, 1.54) is 19.3 Å². The predicted octanol–water partition coefficient (Wildman–Crippen LogP) is 3.14. The summed E-state index contributed by atoms with van der Waals surface area (Å²) in [5.41, 5.74) is 1.38. The number of anilines is 1. The van der Waals surface area contributed by atoms with Crippen LogP contribution in [0.2, 0.25) is 0 Å². The summed E-state index contributed by atoms with van der Waals surface area (Å²) in [5.74, 6) is -0.898. The van der Waals surface area contributed by atoms with Gasteiger partial charge in [0.2, 0.25) is 0 Å². The molecule has 16 heavy (non-hydrogen) atoms. The SMILES string of the molecule is CN(c1ccc(C(=O)O)c(Br)c1)C1CCC1. The third kappa shape index (κ3) is 2.07. The highest BCUT2D eigenvalue weighted by atomic mass is 79.9. The highest BCUT2D eigenvalue weighted by molar-refractivity contribution is 9.10. The lowest BCUT2D eigenvalue weighted by atomic mass is 9.91. The Bertz CT molecular complexity index is 415. The van der Waals surface area contributed by atoms with Gasteiger partial charge in [0, 0.05) is 23.2 Å². The summed E-state index contributed by atoms with van der Waals surface area (Å²) in [5, 5.41) is 8.92. The molecule has 0 amide bonds. The minimum atomic E-state index is -0.898. The fraction of sp³-hybridized carbons (Fsp3) is 0.417. The van der Waals surface area contributed by atoms with Crippen molar-refractivity contribution in [3.8, 4) is 0 Å². The van der Waals surface area contributed by atoms with E-state index in [1.54, 1.807) is 6.07 Å². The zero-order valence-electron chi connectivity index (χ0n) is 9.11. The maximum absolute atomic E-state index is 10.9. The first-order chi connectivity index (χ1) is 7.59. The maximum atomic E-state index is 10.9. The van der Waals surface area contributed by atoms with Crippen LogP contribution in [0.15, 0.2) is 22.7 Å². The van der Waals surface area contributed by atoms with E-state index < -0.39 is 5.97 Å². The van der Waals surface area contributed by atoms with Crippen LogP contribution in [0, 0.1) is 0 Å².